The highest BCUT2D eigenvalue weighted by Crippen LogP contribution is 2.40. The Labute approximate surface area is 216 Å². The summed E-state index contributed by atoms with van der Waals surface area (Å²) in [6.45, 7) is 5.34. The van der Waals surface area contributed by atoms with Crippen molar-refractivity contribution in [3.8, 4) is 11.3 Å². The van der Waals surface area contributed by atoms with Crippen molar-refractivity contribution < 1.29 is 18.7 Å². The third-order valence-corrected chi connectivity index (χ3v) is 7.04. The Morgan fingerprint density at radius 1 is 1.11 bits per heavy atom. The Morgan fingerprint density at radius 2 is 1.92 bits per heavy atom. The van der Waals surface area contributed by atoms with Gasteiger partial charge < -0.3 is 24.1 Å². The molecule has 3 aromatic rings. The summed E-state index contributed by atoms with van der Waals surface area (Å²) in [5, 5.41) is 4.19. The lowest BCUT2D eigenvalue weighted by atomic mass is 10.0. The highest BCUT2D eigenvalue weighted by molar-refractivity contribution is 7.80. The predicted molar refractivity (Wildman–Crippen MR) is 140 cm³/mol. The Bertz CT molecular complexity index is 1180. The summed E-state index contributed by atoms with van der Waals surface area (Å²) in [5.74, 6) is 1.18. The number of benzene rings is 1. The summed E-state index contributed by atoms with van der Waals surface area (Å²) in [4.78, 5) is 21.0. The van der Waals surface area contributed by atoms with Gasteiger partial charge in [-0.05, 0) is 55.0 Å². The fraction of sp³-hybridized carbons (Fsp3) is 0.370. The molecule has 1 aromatic carbocycles. The normalized spacial score (nSPS) is 20.4. The van der Waals surface area contributed by atoms with Gasteiger partial charge in [0.25, 0.3) is 0 Å². The fourth-order valence-electron chi connectivity index (χ4n) is 4.80. The number of ether oxygens (including phenoxy) is 2. The van der Waals surface area contributed by atoms with Crippen LogP contribution in [-0.4, -0.2) is 72.4 Å². The van der Waals surface area contributed by atoms with Crippen molar-refractivity contribution in [3.05, 3.63) is 77.8 Å². The van der Waals surface area contributed by atoms with Gasteiger partial charge in [0.2, 0.25) is 0 Å². The first-order valence-electron chi connectivity index (χ1n) is 12.2. The second-order valence-corrected chi connectivity index (χ2v) is 9.29. The van der Waals surface area contributed by atoms with Crippen molar-refractivity contribution in [2.75, 3.05) is 46.5 Å². The maximum absolute atomic E-state index is 11.8. The van der Waals surface area contributed by atoms with Crippen LogP contribution in [0.3, 0.4) is 0 Å². The summed E-state index contributed by atoms with van der Waals surface area (Å²) in [6.07, 6.45) is 2.78. The summed E-state index contributed by atoms with van der Waals surface area (Å²) >= 11 is 5.78. The van der Waals surface area contributed by atoms with Gasteiger partial charge in [0.05, 0.1) is 37.6 Å². The van der Waals surface area contributed by atoms with Crippen LogP contribution in [0.25, 0.3) is 11.3 Å². The summed E-state index contributed by atoms with van der Waals surface area (Å²) in [7, 11) is 1.37. The van der Waals surface area contributed by atoms with Crippen LogP contribution in [0.2, 0.25) is 0 Å². The van der Waals surface area contributed by atoms with Crippen molar-refractivity contribution in [3.63, 3.8) is 0 Å². The number of aromatic nitrogens is 1. The number of carbonyl (C=O) groups excluding carboxylic acids is 1. The maximum Gasteiger partial charge on any atom is 0.337 e. The topological polar surface area (TPSA) is 80.1 Å². The zero-order valence-corrected chi connectivity index (χ0v) is 21.1. The van der Waals surface area contributed by atoms with Crippen molar-refractivity contribution in [1.82, 2.24) is 20.1 Å². The van der Waals surface area contributed by atoms with Crippen molar-refractivity contribution >= 4 is 23.3 Å². The van der Waals surface area contributed by atoms with E-state index in [2.05, 4.69) is 20.1 Å². The first kappa shape index (κ1) is 24.4. The number of pyridine rings is 1. The number of furan rings is 1. The van der Waals surface area contributed by atoms with E-state index in [1.807, 2.05) is 42.5 Å². The molecule has 0 saturated carbocycles. The molecule has 9 heteroatoms. The molecule has 1 N–H and O–H groups in total. The molecule has 0 aliphatic carbocycles. The van der Waals surface area contributed by atoms with Gasteiger partial charge in [-0.3, -0.25) is 9.88 Å². The lowest BCUT2D eigenvalue weighted by molar-refractivity contribution is 0.0365. The lowest BCUT2D eigenvalue weighted by Crippen LogP contribution is -2.38. The number of methoxy groups -OCH3 is 1. The Balaban J connectivity index is 1.38. The molecule has 0 amide bonds. The van der Waals surface area contributed by atoms with Crippen molar-refractivity contribution in [2.45, 2.75) is 18.5 Å². The third-order valence-electron chi connectivity index (χ3n) is 6.68. The average Bonchev–Trinajstić information content (AvgIpc) is 3.54. The highest BCUT2D eigenvalue weighted by Gasteiger charge is 2.41. The number of hydrogen-bond donors (Lipinski definition) is 1. The minimum absolute atomic E-state index is 0.122. The van der Waals surface area contributed by atoms with Gasteiger partial charge in [0.1, 0.15) is 17.6 Å². The molecule has 0 spiro atoms. The standard InChI is InChI=1S/C27H30N4O4S/c1-33-26(32)20-8-6-19(7-9-20)22-10-11-23(35-22)25-24(21-5-2-3-12-28-21)29-27(36)31(25)14-4-13-30-15-17-34-18-16-30/h2-3,5-12,24-25H,4,13-18H2,1H3,(H,29,36)/t24-,25-/m1/s1. The van der Waals surface area contributed by atoms with Crippen LogP contribution >= 0.6 is 12.2 Å². The Morgan fingerprint density at radius 3 is 2.64 bits per heavy atom. The second-order valence-electron chi connectivity index (χ2n) is 8.90. The van der Waals surface area contributed by atoms with E-state index in [4.69, 9.17) is 26.1 Å². The van der Waals surface area contributed by atoms with E-state index in [1.165, 1.54) is 7.11 Å². The van der Waals surface area contributed by atoms with Gasteiger partial charge in [0, 0.05) is 37.9 Å². The summed E-state index contributed by atoms with van der Waals surface area (Å²) in [6, 6.07) is 16.8. The molecular weight excluding hydrogens is 476 g/mol. The number of nitrogens with one attached hydrogen (secondary N) is 1. The van der Waals surface area contributed by atoms with Crippen molar-refractivity contribution in [2.24, 2.45) is 0 Å². The third kappa shape index (κ3) is 5.28. The number of thiocarbonyl (C=S) groups is 1. The Kier molecular flexibility index (Phi) is 7.60. The molecule has 2 fully saturated rings. The number of morpholine rings is 1. The van der Waals surface area contributed by atoms with Crippen LogP contribution in [0.5, 0.6) is 0 Å². The van der Waals surface area contributed by atoms with E-state index in [0.29, 0.717) is 10.7 Å². The quantitative estimate of drug-likeness (QED) is 0.362. The number of carbonyl (C=O) groups is 1. The number of esters is 1. The van der Waals surface area contributed by atoms with Gasteiger partial charge in [-0.25, -0.2) is 4.79 Å². The van der Waals surface area contributed by atoms with Gasteiger partial charge in [-0.1, -0.05) is 18.2 Å². The molecule has 8 nitrogen and oxygen atoms in total. The SMILES string of the molecule is COC(=O)c1ccc(-c2ccc([C@@H]3[C@@H](c4ccccn4)NC(=S)N3CCCN3CCOCC3)o2)cc1. The van der Waals surface area contributed by atoms with E-state index in [9.17, 15) is 4.79 Å². The highest BCUT2D eigenvalue weighted by atomic mass is 32.1. The second kappa shape index (κ2) is 11.2. The van der Waals surface area contributed by atoms with Gasteiger partial charge in [0.15, 0.2) is 5.11 Å². The van der Waals surface area contributed by atoms with Gasteiger partial charge in [-0.2, -0.15) is 0 Å². The molecule has 2 aliphatic heterocycles. The predicted octanol–water partition coefficient (Wildman–Crippen LogP) is 3.82. The minimum atomic E-state index is -0.363. The van der Waals surface area contributed by atoms with E-state index in [0.717, 1.165) is 68.6 Å². The molecule has 2 aliphatic rings. The smallest absolute Gasteiger partial charge is 0.337 e. The first-order chi connectivity index (χ1) is 17.6. The van der Waals surface area contributed by atoms with Gasteiger partial charge in [-0.15, -0.1) is 0 Å². The van der Waals surface area contributed by atoms with Crippen LogP contribution in [0.15, 0.2) is 65.2 Å². The zero-order chi connectivity index (χ0) is 24.9. The molecule has 4 heterocycles. The fourth-order valence-corrected chi connectivity index (χ4v) is 5.13. The van der Waals surface area contributed by atoms with Gasteiger partial charge >= 0.3 is 5.97 Å². The molecule has 0 bridgehead atoms. The summed E-state index contributed by atoms with van der Waals surface area (Å²) < 4.78 is 16.7. The van der Waals surface area contributed by atoms with E-state index < -0.39 is 0 Å². The number of hydrogen-bond acceptors (Lipinski definition) is 7. The monoisotopic (exact) mass is 506 g/mol. The molecule has 0 radical (unpaired) electrons. The zero-order valence-electron chi connectivity index (χ0n) is 20.3. The van der Waals surface area contributed by atoms with Crippen molar-refractivity contribution in [1.29, 1.82) is 0 Å². The molecule has 2 saturated heterocycles. The summed E-state index contributed by atoms with van der Waals surface area (Å²) in [5.41, 5.74) is 2.30. The first-order valence-corrected chi connectivity index (χ1v) is 12.6. The van der Waals surface area contributed by atoms with Crippen LogP contribution in [0, 0.1) is 0 Å². The molecule has 5 rings (SSSR count). The van der Waals surface area contributed by atoms with E-state index in [1.54, 1.807) is 18.3 Å². The molecule has 2 aromatic heterocycles. The number of rotatable bonds is 8. The molecule has 36 heavy (non-hydrogen) atoms. The van der Waals surface area contributed by atoms with Crippen LogP contribution < -0.4 is 5.32 Å². The lowest BCUT2D eigenvalue weighted by Gasteiger charge is -2.29. The minimum Gasteiger partial charge on any atom is -0.465 e. The molecular formula is C27H30N4O4S. The Hall–Kier alpha value is -3.27. The van der Waals surface area contributed by atoms with E-state index in [-0.39, 0.29) is 18.1 Å². The average molecular weight is 507 g/mol. The van der Waals surface area contributed by atoms with Crippen LogP contribution in [-0.2, 0) is 9.47 Å². The van der Waals surface area contributed by atoms with E-state index >= 15 is 0 Å². The van der Waals surface area contributed by atoms with Crippen LogP contribution in [0.1, 0.15) is 40.3 Å². The molecule has 0 unspecified atom stereocenters. The largest absolute Gasteiger partial charge is 0.465 e. The van der Waals surface area contributed by atoms with Crippen LogP contribution in [0.4, 0.5) is 0 Å². The maximum atomic E-state index is 11.8. The molecule has 2 atom stereocenters. The molecule has 188 valence electrons. The number of nitrogens with zero attached hydrogens (tertiary/aromatic N) is 3.